The summed E-state index contributed by atoms with van der Waals surface area (Å²) in [5.41, 5.74) is 0.783. The van der Waals surface area contributed by atoms with Crippen LogP contribution in [-0.2, 0) is 9.59 Å². The number of carbonyl (C=O) groups is 2. The van der Waals surface area contributed by atoms with Crippen molar-refractivity contribution in [3.05, 3.63) is 18.2 Å². The molecule has 3 fully saturated rings. The summed E-state index contributed by atoms with van der Waals surface area (Å²) >= 11 is 0. The first-order chi connectivity index (χ1) is 13.2. The molecule has 0 N–H and O–H groups in total. The van der Waals surface area contributed by atoms with Gasteiger partial charge in [-0.1, -0.05) is 19.3 Å². The lowest BCUT2D eigenvalue weighted by molar-refractivity contribution is -0.138. The molecule has 6 nitrogen and oxygen atoms in total. The van der Waals surface area contributed by atoms with Crippen molar-refractivity contribution in [2.24, 2.45) is 17.8 Å². The monoisotopic (exact) mass is 370 g/mol. The van der Waals surface area contributed by atoms with Crippen LogP contribution in [0.25, 0.3) is 0 Å². The summed E-state index contributed by atoms with van der Waals surface area (Å²) in [4.78, 5) is 29.4. The standard InChI is InChI=1S/C21H26N2O4/c24-20-9-16(12-23(20)17-5-6-18-19(10-17)27-13-26-18)21(25)22-8-7-14-3-1-2-4-15(14)11-22/h5-6,10,14-16H,1-4,7-9,11-13H2/t14-,15-,16+/m1/s1. The van der Waals surface area contributed by atoms with E-state index in [9.17, 15) is 9.59 Å². The van der Waals surface area contributed by atoms with Crippen LogP contribution in [0.4, 0.5) is 5.69 Å². The lowest BCUT2D eigenvalue weighted by Gasteiger charge is -2.42. The summed E-state index contributed by atoms with van der Waals surface area (Å²) in [6, 6.07) is 5.53. The van der Waals surface area contributed by atoms with E-state index in [1.54, 1.807) is 4.90 Å². The highest BCUT2D eigenvalue weighted by Gasteiger charge is 2.40. The fourth-order valence-electron chi connectivity index (χ4n) is 5.23. The molecule has 1 aliphatic carbocycles. The van der Waals surface area contributed by atoms with E-state index >= 15 is 0 Å². The molecule has 144 valence electrons. The molecule has 2 amide bonds. The quantitative estimate of drug-likeness (QED) is 0.803. The Kier molecular flexibility index (Phi) is 4.21. The lowest BCUT2D eigenvalue weighted by atomic mass is 9.75. The van der Waals surface area contributed by atoms with Crippen molar-refractivity contribution in [2.75, 3.05) is 31.3 Å². The number of ether oxygens (including phenoxy) is 2. The van der Waals surface area contributed by atoms with E-state index in [2.05, 4.69) is 0 Å². The molecule has 0 bridgehead atoms. The zero-order valence-electron chi connectivity index (χ0n) is 15.6. The Morgan fingerprint density at radius 2 is 1.81 bits per heavy atom. The molecule has 6 heteroatoms. The van der Waals surface area contributed by atoms with Crippen LogP contribution >= 0.6 is 0 Å². The number of piperidine rings is 1. The van der Waals surface area contributed by atoms with Gasteiger partial charge in [-0.15, -0.1) is 0 Å². The molecule has 1 aromatic rings. The number of benzene rings is 1. The zero-order chi connectivity index (χ0) is 18.4. The van der Waals surface area contributed by atoms with Gasteiger partial charge in [0.2, 0.25) is 18.6 Å². The van der Waals surface area contributed by atoms with E-state index in [0.29, 0.717) is 30.4 Å². The Morgan fingerprint density at radius 1 is 1.00 bits per heavy atom. The van der Waals surface area contributed by atoms with E-state index in [1.807, 2.05) is 23.1 Å². The first-order valence-corrected chi connectivity index (χ1v) is 10.2. The average molecular weight is 370 g/mol. The Balaban J connectivity index is 1.27. The molecule has 0 aromatic heterocycles. The molecule has 0 unspecified atom stereocenters. The molecule has 3 atom stereocenters. The molecule has 1 aromatic carbocycles. The van der Waals surface area contributed by atoms with E-state index in [4.69, 9.17) is 9.47 Å². The van der Waals surface area contributed by atoms with Crippen molar-refractivity contribution in [1.82, 2.24) is 4.90 Å². The second kappa shape index (κ2) is 6.73. The smallest absolute Gasteiger partial charge is 0.231 e. The largest absolute Gasteiger partial charge is 0.454 e. The second-order valence-corrected chi connectivity index (χ2v) is 8.32. The molecule has 0 radical (unpaired) electrons. The zero-order valence-corrected chi connectivity index (χ0v) is 15.6. The fraction of sp³-hybridized carbons (Fsp3) is 0.619. The van der Waals surface area contributed by atoms with Crippen molar-refractivity contribution in [3.63, 3.8) is 0 Å². The maximum atomic E-state index is 13.1. The van der Waals surface area contributed by atoms with Gasteiger partial charge < -0.3 is 19.3 Å². The van der Waals surface area contributed by atoms with Gasteiger partial charge in [0.15, 0.2) is 11.5 Å². The van der Waals surface area contributed by atoms with Crippen molar-refractivity contribution in [3.8, 4) is 11.5 Å². The Bertz CT molecular complexity index is 765. The number of nitrogens with zero attached hydrogens (tertiary/aromatic N) is 2. The Morgan fingerprint density at radius 3 is 2.70 bits per heavy atom. The first kappa shape index (κ1) is 16.9. The summed E-state index contributed by atoms with van der Waals surface area (Å²) < 4.78 is 10.8. The van der Waals surface area contributed by atoms with E-state index in [-0.39, 0.29) is 24.5 Å². The van der Waals surface area contributed by atoms with Gasteiger partial charge >= 0.3 is 0 Å². The number of rotatable bonds is 2. The highest BCUT2D eigenvalue weighted by Crippen LogP contribution is 2.39. The molecule has 2 saturated heterocycles. The minimum absolute atomic E-state index is 0.0137. The fourth-order valence-corrected chi connectivity index (χ4v) is 5.23. The molecule has 4 aliphatic rings. The van der Waals surface area contributed by atoms with Crippen LogP contribution in [0, 0.1) is 17.8 Å². The van der Waals surface area contributed by atoms with Crippen molar-refractivity contribution >= 4 is 17.5 Å². The maximum Gasteiger partial charge on any atom is 0.231 e. The molecular formula is C21H26N2O4. The van der Waals surface area contributed by atoms with E-state index in [1.165, 1.54) is 25.7 Å². The molecule has 27 heavy (non-hydrogen) atoms. The van der Waals surface area contributed by atoms with Crippen LogP contribution in [0.3, 0.4) is 0 Å². The third-order valence-corrected chi connectivity index (χ3v) is 6.74. The lowest BCUT2D eigenvalue weighted by Crippen LogP contribution is -2.47. The molecule has 3 aliphatic heterocycles. The number of hydrogen-bond donors (Lipinski definition) is 0. The molecule has 1 saturated carbocycles. The third kappa shape index (κ3) is 3.05. The van der Waals surface area contributed by atoms with Gasteiger partial charge in [-0.25, -0.2) is 0 Å². The second-order valence-electron chi connectivity index (χ2n) is 8.32. The number of hydrogen-bond acceptors (Lipinski definition) is 4. The van der Waals surface area contributed by atoms with Crippen molar-refractivity contribution in [1.29, 1.82) is 0 Å². The van der Waals surface area contributed by atoms with Gasteiger partial charge in [0.1, 0.15) is 0 Å². The number of amides is 2. The minimum Gasteiger partial charge on any atom is -0.454 e. The van der Waals surface area contributed by atoms with Gasteiger partial charge in [-0.2, -0.15) is 0 Å². The minimum atomic E-state index is -0.233. The summed E-state index contributed by atoms with van der Waals surface area (Å²) in [5, 5.41) is 0. The van der Waals surface area contributed by atoms with Gasteiger partial charge in [-0.3, -0.25) is 9.59 Å². The summed E-state index contributed by atoms with van der Waals surface area (Å²) in [5.74, 6) is 2.78. The highest BCUT2D eigenvalue weighted by molar-refractivity contribution is 6.00. The van der Waals surface area contributed by atoms with Crippen molar-refractivity contribution in [2.45, 2.75) is 38.5 Å². The van der Waals surface area contributed by atoms with Gasteiger partial charge in [0.05, 0.1) is 5.92 Å². The summed E-state index contributed by atoms with van der Waals surface area (Å²) in [6.07, 6.45) is 6.65. The van der Waals surface area contributed by atoms with Gasteiger partial charge in [-0.05, 0) is 36.8 Å². The van der Waals surface area contributed by atoms with Gasteiger partial charge in [0.25, 0.3) is 0 Å². The van der Waals surface area contributed by atoms with Crippen LogP contribution in [-0.4, -0.2) is 43.1 Å². The van der Waals surface area contributed by atoms with Crippen LogP contribution in [0.5, 0.6) is 11.5 Å². The molecule has 0 spiro atoms. The summed E-state index contributed by atoms with van der Waals surface area (Å²) in [7, 11) is 0. The van der Waals surface area contributed by atoms with Crippen molar-refractivity contribution < 1.29 is 19.1 Å². The first-order valence-electron chi connectivity index (χ1n) is 10.2. The van der Waals surface area contributed by atoms with E-state index < -0.39 is 0 Å². The maximum absolute atomic E-state index is 13.1. The molecular weight excluding hydrogens is 344 g/mol. The number of carbonyl (C=O) groups excluding carboxylic acids is 2. The molecule has 3 heterocycles. The summed E-state index contributed by atoms with van der Waals surface area (Å²) in [6.45, 7) is 2.42. The number of fused-ring (bicyclic) bond motifs is 2. The number of anilines is 1. The highest BCUT2D eigenvalue weighted by atomic mass is 16.7. The Hall–Kier alpha value is -2.24. The predicted octanol–water partition coefficient (Wildman–Crippen LogP) is 2.81. The van der Waals surface area contributed by atoms with Crippen LogP contribution in [0.15, 0.2) is 18.2 Å². The normalized spacial score (nSPS) is 29.8. The third-order valence-electron chi connectivity index (χ3n) is 6.74. The van der Waals surface area contributed by atoms with E-state index in [0.717, 1.165) is 31.1 Å². The van der Waals surface area contributed by atoms with Crippen LogP contribution in [0.2, 0.25) is 0 Å². The molecule has 5 rings (SSSR count). The average Bonchev–Trinajstić information content (AvgIpc) is 3.32. The van der Waals surface area contributed by atoms with Crippen LogP contribution in [0.1, 0.15) is 38.5 Å². The van der Waals surface area contributed by atoms with Gasteiger partial charge in [0, 0.05) is 37.8 Å². The predicted molar refractivity (Wildman–Crippen MR) is 99.7 cm³/mol. The van der Waals surface area contributed by atoms with Crippen LogP contribution < -0.4 is 14.4 Å². The SMILES string of the molecule is O=C([C@H]1CC(=O)N(c2ccc3c(c2)OCO3)C1)N1CC[C@H]2CCCC[C@@H]2C1. The Labute approximate surface area is 159 Å². The topological polar surface area (TPSA) is 59.1 Å². The number of likely N-dealkylation sites (tertiary alicyclic amines) is 1.